The summed E-state index contributed by atoms with van der Waals surface area (Å²) in [7, 11) is 0. The van der Waals surface area contributed by atoms with Crippen molar-refractivity contribution in [3.05, 3.63) is 31.0 Å². The Hall–Kier alpha value is -1.71. The molecule has 118 valence electrons. The SMILES string of the molecule is Cl.OCC1OC(n2ccc3c2ncn2ccnc32)C(O)C1O. The van der Waals surface area contributed by atoms with Gasteiger partial charge in [0.25, 0.3) is 0 Å². The smallest absolute Gasteiger partial charge is 0.164 e. The van der Waals surface area contributed by atoms with Crippen LogP contribution < -0.4 is 0 Å². The summed E-state index contributed by atoms with van der Waals surface area (Å²) < 4.78 is 8.97. The van der Waals surface area contributed by atoms with Gasteiger partial charge in [0.1, 0.15) is 35.9 Å². The van der Waals surface area contributed by atoms with E-state index in [9.17, 15) is 10.2 Å². The standard InChI is InChI=1S/C13H14N4O4.ClH/c18-5-8-9(19)10(20)13(21-8)17-3-1-7-11-14-2-4-16(11)6-15-12(7)17;/h1-4,6,8-10,13,18-20H,5H2;1H. The highest BCUT2D eigenvalue weighted by Crippen LogP contribution is 2.32. The summed E-state index contributed by atoms with van der Waals surface area (Å²) >= 11 is 0. The number of aromatic nitrogens is 4. The predicted octanol–water partition coefficient (Wildman–Crippen LogP) is -0.283. The predicted molar refractivity (Wildman–Crippen MR) is 78.7 cm³/mol. The highest BCUT2D eigenvalue weighted by molar-refractivity contribution is 5.89. The molecule has 1 fully saturated rings. The van der Waals surface area contributed by atoms with E-state index < -0.39 is 24.5 Å². The molecule has 0 saturated carbocycles. The second-order valence-electron chi connectivity index (χ2n) is 5.09. The number of hydrogen-bond donors (Lipinski definition) is 3. The van der Waals surface area contributed by atoms with E-state index >= 15 is 0 Å². The minimum atomic E-state index is -1.13. The van der Waals surface area contributed by atoms with Crippen molar-refractivity contribution in [2.75, 3.05) is 6.61 Å². The molecule has 4 atom stereocenters. The summed E-state index contributed by atoms with van der Waals surface area (Å²) in [6, 6.07) is 1.83. The molecule has 0 amide bonds. The third-order valence-corrected chi connectivity index (χ3v) is 3.89. The summed E-state index contributed by atoms with van der Waals surface area (Å²) in [5, 5.41) is 29.9. The van der Waals surface area contributed by atoms with Crippen molar-refractivity contribution in [3.63, 3.8) is 0 Å². The van der Waals surface area contributed by atoms with Crippen LogP contribution in [-0.4, -0.2) is 59.2 Å². The lowest BCUT2D eigenvalue weighted by atomic mass is 10.1. The fourth-order valence-electron chi connectivity index (χ4n) is 2.80. The highest BCUT2D eigenvalue weighted by atomic mass is 35.5. The summed E-state index contributed by atoms with van der Waals surface area (Å²) in [5.74, 6) is 0. The zero-order valence-corrected chi connectivity index (χ0v) is 12.2. The molecule has 3 N–H and O–H groups in total. The first-order valence-electron chi connectivity index (χ1n) is 6.61. The number of fused-ring (bicyclic) bond motifs is 3. The third-order valence-electron chi connectivity index (χ3n) is 3.89. The Morgan fingerprint density at radius 2 is 1.95 bits per heavy atom. The minimum absolute atomic E-state index is 0. The lowest BCUT2D eigenvalue weighted by Crippen LogP contribution is -2.33. The number of hydrogen-bond acceptors (Lipinski definition) is 6. The van der Waals surface area contributed by atoms with Crippen LogP contribution >= 0.6 is 12.4 Å². The van der Waals surface area contributed by atoms with Crippen LogP contribution in [0.15, 0.2) is 31.0 Å². The quantitative estimate of drug-likeness (QED) is 0.598. The van der Waals surface area contributed by atoms with Crippen molar-refractivity contribution >= 4 is 29.1 Å². The molecule has 3 aromatic rings. The van der Waals surface area contributed by atoms with Crippen molar-refractivity contribution in [2.45, 2.75) is 24.5 Å². The Morgan fingerprint density at radius 1 is 1.14 bits per heavy atom. The maximum Gasteiger partial charge on any atom is 0.164 e. The third kappa shape index (κ3) is 2.00. The number of ether oxygens (including phenoxy) is 1. The van der Waals surface area contributed by atoms with Gasteiger partial charge in [0.05, 0.1) is 12.0 Å². The molecule has 0 radical (unpaired) electrons. The largest absolute Gasteiger partial charge is 0.394 e. The van der Waals surface area contributed by atoms with Gasteiger partial charge in [0.2, 0.25) is 0 Å². The first-order chi connectivity index (χ1) is 10.2. The van der Waals surface area contributed by atoms with Crippen molar-refractivity contribution < 1.29 is 20.1 Å². The normalized spacial score (nSPS) is 28.3. The van der Waals surface area contributed by atoms with Gasteiger partial charge in [-0.05, 0) is 6.07 Å². The van der Waals surface area contributed by atoms with E-state index in [1.54, 1.807) is 33.9 Å². The summed E-state index contributed by atoms with van der Waals surface area (Å²) in [6.07, 6.45) is 2.97. The summed E-state index contributed by atoms with van der Waals surface area (Å²) in [5.41, 5.74) is 1.36. The maximum absolute atomic E-state index is 10.1. The Morgan fingerprint density at radius 3 is 2.68 bits per heavy atom. The highest BCUT2D eigenvalue weighted by Gasteiger charge is 2.43. The number of nitrogens with zero attached hydrogens (tertiary/aromatic N) is 4. The number of aliphatic hydroxyl groups is 3. The average molecular weight is 327 g/mol. The van der Waals surface area contributed by atoms with E-state index in [2.05, 4.69) is 9.97 Å². The van der Waals surface area contributed by atoms with Crippen LogP contribution in [0, 0.1) is 0 Å². The van der Waals surface area contributed by atoms with E-state index in [0.29, 0.717) is 5.65 Å². The Bertz CT molecular complexity index is 804. The zero-order chi connectivity index (χ0) is 14.6. The first kappa shape index (κ1) is 15.2. The average Bonchev–Trinajstić information content (AvgIpc) is 3.17. The number of rotatable bonds is 2. The molecule has 4 rings (SSSR count). The first-order valence-corrected chi connectivity index (χ1v) is 6.61. The molecule has 8 nitrogen and oxygen atoms in total. The molecule has 1 aliphatic heterocycles. The molecular formula is C13H15ClN4O4. The van der Waals surface area contributed by atoms with Crippen LogP contribution in [0.2, 0.25) is 0 Å². The molecule has 0 aliphatic carbocycles. The minimum Gasteiger partial charge on any atom is -0.394 e. The molecule has 1 saturated heterocycles. The fourth-order valence-corrected chi connectivity index (χ4v) is 2.80. The van der Waals surface area contributed by atoms with Gasteiger partial charge in [-0.15, -0.1) is 12.4 Å². The van der Waals surface area contributed by atoms with Gasteiger partial charge in [0, 0.05) is 18.6 Å². The van der Waals surface area contributed by atoms with E-state index in [0.717, 1.165) is 11.0 Å². The molecular weight excluding hydrogens is 312 g/mol. The van der Waals surface area contributed by atoms with Crippen molar-refractivity contribution in [2.24, 2.45) is 0 Å². The van der Waals surface area contributed by atoms with E-state index in [-0.39, 0.29) is 19.0 Å². The van der Waals surface area contributed by atoms with E-state index in [4.69, 9.17) is 9.84 Å². The van der Waals surface area contributed by atoms with Crippen molar-refractivity contribution in [1.82, 2.24) is 18.9 Å². The lowest BCUT2D eigenvalue weighted by Gasteiger charge is -2.17. The monoisotopic (exact) mass is 326 g/mol. The Kier molecular flexibility index (Phi) is 3.79. The van der Waals surface area contributed by atoms with E-state index in [1.807, 2.05) is 6.07 Å². The molecule has 22 heavy (non-hydrogen) atoms. The number of halogens is 1. The molecule has 0 spiro atoms. The number of imidazole rings is 1. The zero-order valence-electron chi connectivity index (χ0n) is 11.4. The summed E-state index contributed by atoms with van der Waals surface area (Å²) in [4.78, 5) is 8.62. The molecule has 0 aromatic carbocycles. The molecule has 9 heteroatoms. The fraction of sp³-hybridized carbons (Fsp3) is 0.385. The van der Waals surface area contributed by atoms with Crippen LogP contribution in [0.5, 0.6) is 0 Å². The van der Waals surface area contributed by atoms with Crippen LogP contribution in [0.4, 0.5) is 0 Å². The van der Waals surface area contributed by atoms with Gasteiger partial charge in [-0.2, -0.15) is 0 Å². The second-order valence-corrected chi connectivity index (χ2v) is 5.09. The molecule has 0 bridgehead atoms. The van der Waals surface area contributed by atoms with Gasteiger partial charge >= 0.3 is 0 Å². The van der Waals surface area contributed by atoms with Gasteiger partial charge in [-0.1, -0.05) is 0 Å². The van der Waals surface area contributed by atoms with Gasteiger partial charge in [-0.3, -0.25) is 4.40 Å². The molecule has 4 unspecified atom stereocenters. The van der Waals surface area contributed by atoms with Gasteiger partial charge in [0.15, 0.2) is 6.23 Å². The van der Waals surface area contributed by atoms with Crippen LogP contribution in [-0.2, 0) is 4.74 Å². The summed E-state index contributed by atoms with van der Waals surface area (Å²) in [6.45, 7) is -0.355. The van der Waals surface area contributed by atoms with Crippen LogP contribution in [0.1, 0.15) is 6.23 Å². The maximum atomic E-state index is 10.1. The lowest BCUT2D eigenvalue weighted by molar-refractivity contribution is -0.0508. The van der Waals surface area contributed by atoms with Crippen LogP contribution in [0.3, 0.4) is 0 Å². The Labute approximate surface area is 131 Å². The van der Waals surface area contributed by atoms with Crippen LogP contribution in [0.25, 0.3) is 16.7 Å². The molecule has 4 heterocycles. The van der Waals surface area contributed by atoms with Gasteiger partial charge in [-0.25, -0.2) is 9.97 Å². The van der Waals surface area contributed by atoms with Gasteiger partial charge < -0.3 is 24.6 Å². The topological polar surface area (TPSA) is 105 Å². The second kappa shape index (κ2) is 5.49. The Balaban J connectivity index is 0.00000144. The van der Waals surface area contributed by atoms with E-state index in [1.165, 1.54) is 0 Å². The molecule has 1 aliphatic rings. The van der Waals surface area contributed by atoms with Crippen molar-refractivity contribution in [3.8, 4) is 0 Å². The van der Waals surface area contributed by atoms with Crippen molar-refractivity contribution in [1.29, 1.82) is 0 Å². The number of aliphatic hydroxyl groups excluding tert-OH is 3. The molecule has 3 aromatic heterocycles.